The molecule has 0 aromatic rings. The largest absolute Gasteiger partial charge is 0.481 e. The van der Waals surface area contributed by atoms with Crippen LogP contribution in [0, 0.1) is 17.3 Å². The van der Waals surface area contributed by atoms with Crippen molar-refractivity contribution in [1.29, 1.82) is 0 Å². The first-order chi connectivity index (χ1) is 10.1. The molecule has 1 aliphatic carbocycles. The smallest absolute Gasteiger partial charge is 0.310 e. The third kappa shape index (κ3) is 5.50. The maximum atomic E-state index is 12.2. The maximum absolute atomic E-state index is 12.2. The summed E-state index contributed by atoms with van der Waals surface area (Å²) in [6, 6.07) is 0. The van der Waals surface area contributed by atoms with Gasteiger partial charge in [0.05, 0.1) is 25.0 Å². The minimum Gasteiger partial charge on any atom is -0.481 e. The molecule has 1 rings (SSSR count). The van der Waals surface area contributed by atoms with Crippen LogP contribution in [0.2, 0.25) is 0 Å². The van der Waals surface area contributed by atoms with Gasteiger partial charge in [-0.3, -0.25) is 14.4 Å². The highest BCUT2D eigenvalue weighted by Gasteiger charge is 2.37. The second-order valence-electron chi connectivity index (χ2n) is 6.59. The zero-order valence-corrected chi connectivity index (χ0v) is 13.5. The van der Waals surface area contributed by atoms with E-state index in [9.17, 15) is 19.5 Å². The highest BCUT2D eigenvalue weighted by Crippen LogP contribution is 2.31. The molecule has 6 heteroatoms. The second-order valence-corrected chi connectivity index (χ2v) is 6.59. The van der Waals surface area contributed by atoms with E-state index in [1.54, 1.807) is 0 Å². The fraction of sp³-hybridized carbons (Fsp3) is 0.688. The summed E-state index contributed by atoms with van der Waals surface area (Å²) in [5.41, 5.74) is 0.484. The van der Waals surface area contributed by atoms with Crippen molar-refractivity contribution in [2.75, 3.05) is 13.2 Å². The van der Waals surface area contributed by atoms with Crippen molar-refractivity contribution in [2.24, 2.45) is 17.3 Å². The molecule has 0 aromatic carbocycles. The molecule has 6 nitrogen and oxygen atoms in total. The van der Waals surface area contributed by atoms with Gasteiger partial charge in [-0.15, -0.1) is 0 Å². The van der Waals surface area contributed by atoms with Gasteiger partial charge in [-0.05, 0) is 19.8 Å². The predicted molar refractivity (Wildman–Crippen MR) is 79.0 cm³/mol. The van der Waals surface area contributed by atoms with Crippen molar-refractivity contribution in [1.82, 2.24) is 0 Å². The lowest BCUT2D eigenvalue weighted by Gasteiger charge is -2.28. The zero-order valence-electron chi connectivity index (χ0n) is 13.5. The number of allylic oxidation sites excluding steroid dienone is 2. The van der Waals surface area contributed by atoms with Crippen molar-refractivity contribution in [3.05, 3.63) is 11.6 Å². The van der Waals surface area contributed by atoms with Crippen LogP contribution in [0.1, 0.15) is 40.5 Å². The molecule has 22 heavy (non-hydrogen) atoms. The SMILES string of the molecule is CC(=O)OCC(C)(C)COC(=O)C1CC(C)=CCC1C(=O)O. The monoisotopic (exact) mass is 312 g/mol. The Balaban J connectivity index is 2.61. The first-order valence-corrected chi connectivity index (χ1v) is 7.31. The third-order valence-corrected chi connectivity index (χ3v) is 3.64. The lowest BCUT2D eigenvalue weighted by atomic mass is 9.80. The van der Waals surface area contributed by atoms with Gasteiger partial charge in [0.1, 0.15) is 0 Å². The van der Waals surface area contributed by atoms with Crippen LogP contribution in [0.25, 0.3) is 0 Å². The van der Waals surface area contributed by atoms with E-state index in [2.05, 4.69) is 0 Å². The van der Waals surface area contributed by atoms with Crippen LogP contribution in [0.4, 0.5) is 0 Å². The lowest BCUT2D eigenvalue weighted by Crippen LogP contribution is -2.36. The molecule has 0 fully saturated rings. The topological polar surface area (TPSA) is 89.9 Å². The number of carbonyl (C=O) groups is 3. The van der Waals surface area contributed by atoms with Crippen molar-refractivity contribution < 1.29 is 29.0 Å². The molecule has 1 N–H and O–H groups in total. The van der Waals surface area contributed by atoms with Crippen LogP contribution in [0.3, 0.4) is 0 Å². The van der Waals surface area contributed by atoms with E-state index >= 15 is 0 Å². The quantitative estimate of drug-likeness (QED) is 0.597. The van der Waals surface area contributed by atoms with Gasteiger partial charge in [0.15, 0.2) is 0 Å². The number of aliphatic carboxylic acids is 1. The average molecular weight is 312 g/mol. The summed E-state index contributed by atoms with van der Waals surface area (Å²) in [7, 11) is 0. The van der Waals surface area contributed by atoms with Gasteiger partial charge < -0.3 is 14.6 Å². The molecule has 0 aliphatic heterocycles. The standard InChI is InChI=1S/C16H24O6/c1-10-5-6-12(14(18)19)13(7-10)15(20)22-9-16(3,4)8-21-11(2)17/h5,12-13H,6-9H2,1-4H3,(H,18,19). The molecule has 0 spiro atoms. The highest BCUT2D eigenvalue weighted by molar-refractivity contribution is 5.82. The normalized spacial score (nSPS) is 21.7. The van der Waals surface area contributed by atoms with Crippen molar-refractivity contribution in [3.8, 4) is 0 Å². The summed E-state index contributed by atoms with van der Waals surface area (Å²) in [4.78, 5) is 34.3. The number of carboxylic acid groups (broad SMARTS) is 1. The van der Waals surface area contributed by atoms with Gasteiger partial charge in [0, 0.05) is 12.3 Å². The summed E-state index contributed by atoms with van der Waals surface area (Å²) < 4.78 is 10.2. The van der Waals surface area contributed by atoms with Crippen LogP contribution in [-0.4, -0.2) is 36.2 Å². The van der Waals surface area contributed by atoms with Crippen LogP contribution in [0.15, 0.2) is 11.6 Å². The molecule has 124 valence electrons. The van der Waals surface area contributed by atoms with E-state index in [1.165, 1.54) is 6.92 Å². The number of hydrogen-bond acceptors (Lipinski definition) is 5. The molecular formula is C16H24O6. The summed E-state index contributed by atoms with van der Waals surface area (Å²) in [6.45, 7) is 7.03. The first-order valence-electron chi connectivity index (χ1n) is 7.31. The highest BCUT2D eigenvalue weighted by atomic mass is 16.5. The Morgan fingerprint density at radius 2 is 1.82 bits per heavy atom. The molecule has 0 heterocycles. The number of carbonyl (C=O) groups excluding carboxylic acids is 2. The Bertz CT molecular complexity index is 477. The maximum Gasteiger partial charge on any atom is 0.310 e. The van der Waals surface area contributed by atoms with E-state index < -0.39 is 35.2 Å². The lowest BCUT2D eigenvalue weighted by molar-refractivity contribution is -0.162. The minimum absolute atomic E-state index is 0.0741. The summed E-state index contributed by atoms with van der Waals surface area (Å²) in [6.07, 6.45) is 2.60. The van der Waals surface area contributed by atoms with Gasteiger partial charge in [-0.1, -0.05) is 25.5 Å². The number of carboxylic acids is 1. The molecule has 1 aliphatic rings. The van der Waals surface area contributed by atoms with Crippen LogP contribution in [0.5, 0.6) is 0 Å². The molecule has 0 aromatic heterocycles. The predicted octanol–water partition coefficient (Wildman–Crippen LogP) is 2.18. The molecule has 0 radical (unpaired) electrons. The van der Waals surface area contributed by atoms with Crippen LogP contribution in [-0.2, 0) is 23.9 Å². The van der Waals surface area contributed by atoms with Gasteiger partial charge in [0.2, 0.25) is 0 Å². The van der Waals surface area contributed by atoms with E-state index in [0.717, 1.165) is 5.57 Å². The number of hydrogen-bond donors (Lipinski definition) is 1. The fourth-order valence-electron chi connectivity index (χ4n) is 2.30. The summed E-state index contributed by atoms with van der Waals surface area (Å²) in [5, 5.41) is 9.22. The summed E-state index contributed by atoms with van der Waals surface area (Å²) in [5.74, 6) is -3.28. The number of ether oxygens (including phenoxy) is 2. The van der Waals surface area contributed by atoms with Gasteiger partial charge in [0.25, 0.3) is 0 Å². The number of esters is 2. The molecule has 2 unspecified atom stereocenters. The average Bonchev–Trinajstić information content (AvgIpc) is 2.42. The molecule has 0 amide bonds. The molecule has 0 bridgehead atoms. The zero-order chi connectivity index (χ0) is 16.9. The Hall–Kier alpha value is -1.85. The van der Waals surface area contributed by atoms with Crippen LogP contribution >= 0.6 is 0 Å². The fourth-order valence-corrected chi connectivity index (χ4v) is 2.30. The molecule has 0 saturated heterocycles. The Morgan fingerprint density at radius 3 is 2.36 bits per heavy atom. The van der Waals surface area contributed by atoms with Crippen molar-refractivity contribution in [2.45, 2.75) is 40.5 Å². The van der Waals surface area contributed by atoms with Crippen molar-refractivity contribution >= 4 is 17.9 Å². The molecule has 0 saturated carbocycles. The van der Waals surface area contributed by atoms with E-state index in [-0.39, 0.29) is 13.2 Å². The van der Waals surface area contributed by atoms with Crippen molar-refractivity contribution in [3.63, 3.8) is 0 Å². The van der Waals surface area contributed by atoms with E-state index in [0.29, 0.717) is 12.8 Å². The third-order valence-electron chi connectivity index (χ3n) is 3.64. The number of rotatable bonds is 6. The van der Waals surface area contributed by atoms with Gasteiger partial charge in [-0.25, -0.2) is 0 Å². The second kappa shape index (κ2) is 7.42. The first kappa shape index (κ1) is 18.2. The van der Waals surface area contributed by atoms with Crippen LogP contribution < -0.4 is 0 Å². The van der Waals surface area contributed by atoms with Gasteiger partial charge >= 0.3 is 17.9 Å². The summed E-state index contributed by atoms with van der Waals surface area (Å²) >= 11 is 0. The van der Waals surface area contributed by atoms with E-state index in [4.69, 9.17) is 9.47 Å². The van der Waals surface area contributed by atoms with Gasteiger partial charge in [-0.2, -0.15) is 0 Å². The minimum atomic E-state index is -0.982. The molecule has 2 atom stereocenters. The van der Waals surface area contributed by atoms with E-state index in [1.807, 2.05) is 26.8 Å². The Labute approximate surface area is 130 Å². The Morgan fingerprint density at radius 1 is 1.23 bits per heavy atom. The molecular weight excluding hydrogens is 288 g/mol. The Kier molecular flexibility index (Phi) is 6.14.